The summed E-state index contributed by atoms with van der Waals surface area (Å²) in [5, 5.41) is 0. The molecular formula is C4H10N2S. The van der Waals surface area contributed by atoms with Gasteiger partial charge in [-0.25, -0.2) is 10.3 Å². The van der Waals surface area contributed by atoms with Crippen molar-refractivity contribution in [2.24, 2.45) is 0 Å². The van der Waals surface area contributed by atoms with E-state index in [1.807, 2.05) is 0 Å². The lowest BCUT2D eigenvalue weighted by Gasteiger charge is -1.94. The lowest BCUT2D eigenvalue weighted by Crippen LogP contribution is -2.24. The van der Waals surface area contributed by atoms with Crippen LogP contribution in [0.15, 0.2) is 0 Å². The van der Waals surface area contributed by atoms with Crippen molar-refractivity contribution in [2.45, 2.75) is 12.8 Å². The Kier molecular flexibility index (Phi) is 2.55. The van der Waals surface area contributed by atoms with Crippen molar-refractivity contribution in [2.75, 3.05) is 12.3 Å². The van der Waals surface area contributed by atoms with E-state index in [2.05, 4.69) is 10.3 Å². The van der Waals surface area contributed by atoms with Crippen molar-refractivity contribution in [1.29, 1.82) is 0 Å². The van der Waals surface area contributed by atoms with Crippen LogP contribution in [0.1, 0.15) is 12.8 Å². The second-order valence-electron chi connectivity index (χ2n) is 1.58. The molecule has 0 spiro atoms. The Bertz CT molecular complexity index is 29.3. The molecular weight excluding hydrogens is 108 g/mol. The fourth-order valence-electron chi connectivity index (χ4n) is 0.541. The van der Waals surface area contributed by atoms with Gasteiger partial charge in [-0.2, -0.15) is 0 Å². The minimum atomic E-state index is 1.12. The Balaban J connectivity index is 2.04. The van der Waals surface area contributed by atoms with Crippen molar-refractivity contribution in [3.63, 3.8) is 0 Å². The van der Waals surface area contributed by atoms with Gasteiger partial charge in [0.1, 0.15) is 0 Å². The molecule has 0 aromatic rings. The first-order chi connectivity index (χ1) is 3.50. The van der Waals surface area contributed by atoms with Crippen LogP contribution in [0.5, 0.6) is 0 Å². The maximum atomic E-state index is 3.06. The van der Waals surface area contributed by atoms with Gasteiger partial charge < -0.3 is 0 Å². The summed E-state index contributed by atoms with van der Waals surface area (Å²) in [5.41, 5.74) is 3.06. The number of hydrogen-bond acceptors (Lipinski definition) is 3. The van der Waals surface area contributed by atoms with Crippen LogP contribution in [0, 0.1) is 0 Å². The van der Waals surface area contributed by atoms with Gasteiger partial charge in [0, 0.05) is 12.3 Å². The third kappa shape index (κ3) is 2.16. The highest BCUT2D eigenvalue weighted by atomic mass is 32.2. The average molecular weight is 118 g/mol. The van der Waals surface area contributed by atoms with Gasteiger partial charge in [-0.1, -0.05) is 11.9 Å². The summed E-state index contributed by atoms with van der Waals surface area (Å²) in [6.07, 6.45) is 2.64. The van der Waals surface area contributed by atoms with Crippen molar-refractivity contribution in [3.8, 4) is 0 Å². The quantitative estimate of drug-likeness (QED) is 0.453. The fraction of sp³-hybridized carbons (Fsp3) is 1.00. The molecule has 0 aromatic carbocycles. The van der Waals surface area contributed by atoms with Crippen LogP contribution < -0.4 is 10.3 Å². The molecule has 1 saturated heterocycles. The normalized spacial score (nSPS) is 24.0. The highest BCUT2D eigenvalue weighted by Crippen LogP contribution is 2.00. The van der Waals surface area contributed by atoms with Gasteiger partial charge in [-0.15, -0.1) is 0 Å². The summed E-state index contributed by atoms with van der Waals surface area (Å²) < 4.78 is 0. The van der Waals surface area contributed by atoms with Crippen molar-refractivity contribution < 1.29 is 0 Å². The summed E-state index contributed by atoms with van der Waals surface area (Å²) >= 11 is 1.75. The van der Waals surface area contributed by atoms with E-state index < -0.39 is 0 Å². The first kappa shape index (κ1) is 5.41. The van der Waals surface area contributed by atoms with Gasteiger partial charge in [0.15, 0.2) is 0 Å². The summed E-state index contributed by atoms with van der Waals surface area (Å²) in [6, 6.07) is 0. The maximum absolute atomic E-state index is 3.06. The highest BCUT2D eigenvalue weighted by Gasteiger charge is 1.93. The Labute approximate surface area is 48.2 Å². The van der Waals surface area contributed by atoms with E-state index in [0.717, 1.165) is 6.54 Å². The van der Waals surface area contributed by atoms with E-state index >= 15 is 0 Å². The van der Waals surface area contributed by atoms with E-state index in [1.54, 1.807) is 11.9 Å². The molecule has 0 radical (unpaired) electrons. The topological polar surface area (TPSA) is 24.1 Å². The van der Waals surface area contributed by atoms with E-state index in [1.165, 1.54) is 18.6 Å². The van der Waals surface area contributed by atoms with Crippen LogP contribution in [0.4, 0.5) is 0 Å². The third-order valence-corrected chi connectivity index (χ3v) is 1.72. The molecule has 42 valence electrons. The van der Waals surface area contributed by atoms with Gasteiger partial charge in [-0.05, 0) is 12.8 Å². The number of rotatable bonds is 0. The monoisotopic (exact) mass is 118 g/mol. The first-order valence-corrected chi connectivity index (χ1v) is 3.58. The predicted molar refractivity (Wildman–Crippen MR) is 32.8 cm³/mol. The predicted octanol–water partition coefficient (Wildman–Crippen LogP) is 0.523. The van der Waals surface area contributed by atoms with Gasteiger partial charge in [-0.3, -0.25) is 0 Å². The van der Waals surface area contributed by atoms with Crippen LogP contribution in [-0.2, 0) is 0 Å². The molecule has 0 bridgehead atoms. The minimum absolute atomic E-state index is 1.12. The number of hydrogen-bond donors (Lipinski definition) is 2. The zero-order chi connectivity index (χ0) is 4.95. The Hall–Kier alpha value is 0.270. The summed E-state index contributed by atoms with van der Waals surface area (Å²) in [4.78, 5) is 3.01. The van der Waals surface area contributed by atoms with Gasteiger partial charge in [0.05, 0.1) is 0 Å². The maximum Gasteiger partial charge on any atom is 0.0109 e. The van der Waals surface area contributed by atoms with E-state index in [4.69, 9.17) is 0 Å². The van der Waals surface area contributed by atoms with Crippen molar-refractivity contribution in [3.05, 3.63) is 0 Å². The second kappa shape index (κ2) is 3.29. The Morgan fingerprint density at radius 2 is 2.29 bits per heavy atom. The van der Waals surface area contributed by atoms with Gasteiger partial charge in [0.25, 0.3) is 0 Å². The van der Waals surface area contributed by atoms with E-state index in [9.17, 15) is 0 Å². The van der Waals surface area contributed by atoms with Crippen molar-refractivity contribution >= 4 is 11.9 Å². The molecule has 1 fully saturated rings. The molecule has 0 aromatic heterocycles. The SMILES string of the molecule is C1CCSNNC1. The molecule has 1 aliphatic heterocycles. The van der Waals surface area contributed by atoms with Crippen LogP contribution >= 0.6 is 11.9 Å². The molecule has 0 atom stereocenters. The smallest absolute Gasteiger partial charge is 0.0109 e. The molecule has 1 aliphatic rings. The molecule has 0 aliphatic carbocycles. The molecule has 0 unspecified atom stereocenters. The number of nitrogens with one attached hydrogen (secondary N) is 2. The Morgan fingerprint density at radius 3 is 3.29 bits per heavy atom. The van der Waals surface area contributed by atoms with Gasteiger partial charge in [0.2, 0.25) is 0 Å². The second-order valence-corrected chi connectivity index (χ2v) is 2.49. The average Bonchev–Trinajstić information content (AvgIpc) is 1.90. The van der Waals surface area contributed by atoms with E-state index in [0.29, 0.717) is 0 Å². The molecule has 2 N–H and O–H groups in total. The first-order valence-electron chi connectivity index (χ1n) is 2.60. The van der Waals surface area contributed by atoms with Crippen LogP contribution in [0.25, 0.3) is 0 Å². The zero-order valence-corrected chi connectivity index (χ0v) is 5.05. The lowest BCUT2D eigenvalue weighted by molar-refractivity contribution is 0.656. The van der Waals surface area contributed by atoms with Gasteiger partial charge >= 0.3 is 0 Å². The summed E-state index contributed by atoms with van der Waals surface area (Å²) in [6.45, 7) is 1.12. The standard InChI is InChI=1S/C4H10N2S/c1-2-4-7-6-5-3-1/h5-6H,1-4H2. The summed E-state index contributed by atoms with van der Waals surface area (Å²) in [7, 11) is 0. The molecule has 0 saturated carbocycles. The van der Waals surface area contributed by atoms with Crippen LogP contribution in [0.2, 0.25) is 0 Å². The van der Waals surface area contributed by atoms with Crippen LogP contribution in [-0.4, -0.2) is 12.3 Å². The Morgan fingerprint density at radius 1 is 1.29 bits per heavy atom. The fourth-order valence-corrected chi connectivity index (χ4v) is 1.20. The largest absolute Gasteiger partial charge is 0.248 e. The zero-order valence-electron chi connectivity index (χ0n) is 4.24. The van der Waals surface area contributed by atoms with Crippen LogP contribution in [0.3, 0.4) is 0 Å². The minimum Gasteiger partial charge on any atom is -0.248 e. The number of hydrazine groups is 1. The third-order valence-electron chi connectivity index (χ3n) is 0.943. The molecule has 1 rings (SSSR count). The van der Waals surface area contributed by atoms with E-state index in [-0.39, 0.29) is 0 Å². The summed E-state index contributed by atoms with van der Waals surface area (Å²) in [5.74, 6) is 1.24. The molecule has 1 heterocycles. The molecule has 0 amide bonds. The molecule has 3 heteroatoms. The molecule has 7 heavy (non-hydrogen) atoms. The van der Waals surface area contributed by atoms with Crippen molar-refractivity contribution in [1.82, 2.24) is 10.3 Å². The molecule has 2 nitrogen and oxygen atoms in total. The highest BCUT2D eigenvalue weighted by molar-refractivity contribution is 7.97. The lowest BCUT2D eigenvalue weighted by atomic mass is 10.3.